The van der Waals surface area contributed by atoms with E-state index in [0.717, 1.165) is 43.4 Å². The van der Waals surface area contributed by atoms with Crippen LogP contribution in [0.2, 0.25) is 0 Å². The molecule has 0 N–H and O–H groups in total. The number of carbonyl (C=O) groups excluding carboxylic acids is 1. The molecule has 1 aromatic carbocycles. The molecule has 0 amide bonds. The van der Waals surface area contributed by atoms with Crippen molar-refractivity contribution in [2.75, 3.05) is 13.2 Å². The topological polar surface area (TPSA) is 35.5 Å². The van der Waals surface area contributed by atoms with Gasteiger partial charge in [0.05, 0.1) is 13.2 Å². The molecule has 3 nitrogen and oxygen atoms in total. The van der Waals surface area contributed by atoms with E-state index >= 15 is 0 Å². The molecule has 124 valence electrons. The molecular weight excluding hydrogens is 276 g/mol. The average molecular weight is 306 g/mol. The van der Waals surface area contributed by atoms with Gasteiger partial charge in [0.1, 0.15) is 11.3 Å². The number of hydrogen-bond donors (Lipinski definition) is 0. The molecule has 3 heteroatoms. The minimum atomic E-state index is -0.292. The first-order chi connectivity index (χ1) is 10.6. The number of rotatable bonds is 10. The van der Waals surface area contributed by atoms with E-state index in [1.807, 2.05) is 13.0 Å². The third kappa shape index (κ3) is 6.08. The zero-order valence-corrected chi connectivity index (χ0v) is 14.5. The largest absolute Gasteiger partial charge is 0.492 e. The van der Waals surface area contributed by atoms with Crippen molar-refractivity contribution in [3.63, 3.8) is 0 Å². The van der Waals surface area contributed by atoms with Gasteiger partial charge in [-0.05, 0) is 50.2 Å². The summed E-state index contributed by atoms with van der Waals surface area (Å²) in [5.74, 6) is 1.10. The minimum Gasteiger partial charge on any atom is -0.492 e. The molecule has 1 rings (SSSR count). The van der Waals surface area contributed by atoms with Gasteiger partial charge in [0.2, 0.25) is 0 Å². The van der Waals surface area contributed by atoms with Crippen LogP contribution in [-0.4, -0.2) is 19.2 Å². The minimum absolute atomic E-state index is 0.292. The van der Waals surface area contributed by atoms with Crippen molar-refractivity contribution >= 4 is 5.97 Å². The quantitative estimate of drug-likeness (QED) is 0.450. The van der Waals surface area contributed by atoms with E-state index < -0.39 is 0 Å². The number of aryl methyl sites for hydroxylation is 1. The highest BCUT2D eigenvalue weighted by atomic mass is 16.5. The third-order valence-electron chi connectivity index (χ3n) is 3.56. The van der Waals surface area contributed by atoms with Crippen LogP contribution in [0.1, 0.15) is 69.3 Å². The normalized spacial score (nSPS) is 10.8. The van der Waals surface area contributed by atoms with Gasteiger partial charge in [0.25, 0.3) is 0 Å². The van der Waals surface area contributed by atoms with Crippen molar-refractivity contribution in [1.82, 2.24) is 0 Å². The van der Waals surface area contributed by atoms with Gasteiger partial charge in [-0.15, -0.1) is 0 Å². The smallest absolute Gasteiger partial charge is 0.341 e. The molecule has 22 heavy (non-hydrogen) atoms. The summed E-state index contributed by atoms with van der Waals surface area (Å²) >= 11 is 0. The van der Waals surface area contributed by atoms with Crippen LogP contribution in [0, 0.1) is 5.92 Å². The molecule has 0 spiro atoms. The highest BCUT2D eigenvalue weighted by Gasteiger charge is 2.17. The molecule has 1 aromatic rings. The summed E-state index contributed by atoms with van der Waals surface area (Å²) in [7, 11) is 0. The first-order valence-electron chi connectivity index (χ1n) is 8.51. The maximum atomic E-state index is 12.1. The second kappa shape index (κ2) is 10.3. The maximum Gasteiger partial charge on any atom is 0.341 e. The number of ether oxygens (including phenoxy) is 2. The summed E-state index contributed by atoms with van der Waals surface area (Å²) in [5.41, 5.74) is 1.66. The van der Waals surface area contributed by atoms with E-state index in [0.29, 0.717) is 24.7 Å². The SMILES string of the molecule is CCCCc1cccc(C(=O)OCC)c1OCCCC(C)C. The molecular formula is C19H30O3. The van der Waals surface area contributed by atoms with Gasteiger partial charge in [-0.3, -0.25) is 0 Å². The van der Waals surface area contributed by atoms with Crippen LogP contribution < -0.4 is 4.74 Å². The van der Waals surface area contributed by atoms with Crippen LogP contribution in [0.25, 0.3) is 0 Å². The van der Waals surface area contributed by atoms with Crippen LogP contribution in [0.5, 0.6) is 5.75 Å². The first kappa shape index (κ1) is 18.5. The molecule has 0 bridgehead atoms. The standard InChI is InChI=1S/C19H30O3/c1-5-7-11-16-12-8-13-17(19(20)21-6-2)18(16)22-14-9-10-15(3)4/h8,12-13,15H,5-7,9-11,14H2,1-4H3. The molecule has 0 atom stereocenters. The number of esters is 1. The summed E-state index contributed by atoms with van der Waals surface area (Å²) < 4.78 is 11.1. The monoisotopic (exact) mass is 306 g/mol. The van der Waals surface area contributed by atoms with Crippen molar-refractivity contribution in [1.29, 1.82) is 0 Å². The maximum absolute atomic E-state index is 12.1. The Kier molecular flexibility index (Phi) is 8.64. The van der Waals surface area contributed by atoms with Gasteiger partial charge in [-0.25, -0.2) is 4.79 Å². The van der Waals surface area contributed by atoms with Gasteiger partial charge in [0, 0.05) is 0 Å². The number of hydrogen-bond acceptors (Lipinski definition) is 3. The number of para-hydroxylation sites is 1. The van der Waals surface area contributed by atoms with Gasteiger partial charge in [-0.1, -0.05) is 39.3 Å². The fourth-order valence-electron chi connectivity index (χ4n) is 2.35. The van der Waals surface area contributed by atoms with E-state index in [9.17, 15) is 4.79 Å². The van der Waals surface area contributed by atoms with E-state index in [2.05, 4.69) is 26.8 Å². The summed E-state index contributed by atoms with van der Waals surface area (Å²) in [6.45, 7) is 9.43. The molecule has 0 aliphatic rings. The van der Waals surface area contributed by atoms with E-state index in [4.69, 9.17) is 9.47 Å². The highest BCUT2D eigenvalue weighted by Crippen LogP contribution is 2.27. The molecule has 0 radical (unpaired) electrons. The zero-order valence-electron chi connectivity index (χ0n) is 14.5. The highest BCUT2D eigenvalue weighted by molar-refractivity contribution is 5.93. The third-order valence-corrected chi connectivity index (χ3v) is 3.56. The second-order valence-corrected chi connectivity index (χ2v) is 6.00. The lowest BCUT2D eigenvalue weighted by Crippen LogP contribution is -2.11. The molecule has 0 unspecified atom stereocenters. The van der Waals surface area contributed by atoms with E-state index in [-0.39, 0.29) is 5.97 Å². The Morgan fingerprint density at radius 1 is 1.18 bits per heavy atom. The summed E-state index contributed by atoms with van der Waals surface area (Å²) in [6.07, 6.45) is 5.28. The number of benzene rings is 1. The Bertz CT molecular complexity index is 452. The number of carbonyl (C=O) groups is 1. The Hall–Kier alpha value is -1.51. The molecule has 0 aliphatic carbocycles. The Morgan fingerprint density at radius 2 is 1.95 bits per heavy atom. The number of unbranched alkanes of at least 4 members (excludes halogenated alkanes) is 1. The van der Waals surface area contributed by atoms with Gasteiger partial charge < -0.3 is 9.47 Å². The van der Waals surface area contributed by atoms with Crippen LogP contribution in [0.3, 0.4) is 0 Å². The lowest BCUT2D eigenvalue weighted by molar-refractivity contribution is 0.0521. The van der Waals surface area contributed by atoms with Gasteiger partial charge in [-0.2, -0.15) is 0 Å². The molecule has 0 saturated heterocycles. The second-order valence-electron chi connectivity index (χ2n) is 6.00. The van der Waals surface area contributed by atoms with Crippen molar-refractivity contribution in [3.8, 4) is 5.75 Å². The molecule has 0 fully saturated rings. The van der Waals surface area contributed by atoms with Crippen LogP contribution >= 0.6 is 0 Å². The lowest BCUT2D eigenvalue weighted by atomic mass is 10.0. The fourth-order valence-corrected chi connectivity index (χ4v) is 2.35. The van der Waals surface area contributed by atoms with Crippen LogP contribution in [0.4, 0.5) is 0 Å². The van der Waals surface area contributed by atoms with Crippen molar-refractivity contribution in [2.24, 2.45) is 5.92 Å². The predicted molar refractivity (Wildman–Crippen MR) is 90.6 cm³/mol. The van der Waals surface area contributed by atoms with Gasteiger partial charge in [0.15, 0.2) is 0 Å². The predicted octanol–water partition coefficient (Wildman–Crippen LogP) is 5.02. The molecule has 0 aromatic heterocycles. The van der Waals surface area contributed by atoms with Gasteiger partial charge >= 0.3 is 5.97 Å². The fraction of sp³-hybridized carbons (Fsp3) is 0.632. The van der Waals surface area contributed by atoms with Crippen LogP contribution in [0.15, 0.2) is 18.2 Å². The Labute approximate surface area is 135 Å². The summed E-state index contributed by atoms with van der Waals surface area (Å²) in [4.78, 5) is 12.1. The Morgan fingerprint density at radius 3 is 2.59 bits per heavy atom. The molecule has 0 aliphatic heterocycles. The Balaban J connectivity index is 2.87. The van der Waals surface area contributed by atoms with E-state index in [1.165, 1.54) is 0 Å². The van der Waals surface area contributed by atoms with Crippen LogP contribution in [-0.2, 0) is 11.2 Å². The summed E-state index contributed by atoms with van der Waals surface area (Å²) in [5, 5.41) is 0. The molecule has 0 saturated carbocycles. The first-order valence-corrected chi connectivity index (χ1v) is 8.51. The van der Waals surface area contributed by atoms with Crippen molar-refractivity contribution in [3.05, 3.63) is 29.3 Å². The average Bonchev–Trinajstić information content (AvgIpc) is 2.49. The summed E-state index contributed by atoms with van der Waals surface area (Å²) in [6, 6.07) is 5.76. The molecule has 0 heterocycles. The van der Waals surface area contributed by atoms with E-state index in [1.54, 1.807) is 6.07 Å². The lowest BCUT2D eigenvalue weighted by Gasteiger charge is -2.15. The van der Waals surface area contributed by atoms with Crippen molar-refractivity contribution < 1.29 is 14.3 Å². The zero-order chi connectivity index (χ0) is 16.4. The van der Waals surface area contributed by atoms with Crippen molar-refractivity contribution in [2.45, 2.75) is 59.8 Å².